The minimum Gasteiger partial charge on any atom is -0.356 e. The van der Waals surface area contributed by atoms with E-state index in [9.17, 15) is 0 Å². The highest BCUT2D eigenvalue weighted by Gasteiger charge is 2.23. The summed E-state index contributed by atoms with van der Waals surface area (Å²) in [6, 6.07) is 12.8. The average molecular weight is 241 g/mol. The molecule has 1 saturated heterocycles. The third kappa shape index (κ3) is 2.06. The molecule has 2 N–H and O–H groups in total. The summed E-state index contributed by atoms with van der Waals surface area (Å²) in [6.07, 6.45) is 1.05. The Morgan fingerprint density at radius 3 is 2.89 bits per heavy atom. The lowest BCUT2D eigenvalue weighted by atomic mass is 9.95. The molecule has 0 saturated carbocycles. The van der Waals surface area contributed by atoms with Crippen LogP contribution in [0.25, 0.3) is 10.9 Å². The minimum absolute atomic E-state index is 0.335. The fourth-order valence-corrected chi connectivity index (χ4v) is 2.60. The first-order valence-electron chi connectivity index (χ1n) is 6.60. The molecule has 1 fully saturated rings. The quantitative estimate of drug-likeness (QED) is 0.833. The number of fused-ring (bicyclic) bond motifs is 1. The number of rotatable bonds is 1. The molecule has 3 heteroatoms. The smallest absolute Gasteiger partial charge is 0.129 e. The van der Waals surface area contributed by atoms with Crippen molar-refractivity contribution in [1.82, 2.24) is 4.98 Å². The first kappa shape index (κ1) is 11.5. The second-order valence-electron chi connectivity index (χ2n) is 5.24. The number of para-hydroxylation sites is 1. The fraction of sp³-hybridized carbons (Fsp3) is 0.400. The van der Waals surface area contributed by atoms with Crippen LogP contribution in [0.2, 0.25) is 0 Å². The number of hydrogen-bond acceptors (Lipinski definition) is 3. The van der Waals surface area contributed by atoms with E-state index in [1.807, 2.05) is 12.1 Å². The molecule has 0 amide bonds. The van der Waals surface area contributed by atoms with E-state index in [0.717, 1.165) is 30.8 Å². The molecule has 0 bridgehead atoms. The van der Waals surface area contributed by atoms with E-state index in [1.165, 1.54) is 5.39 Å². The zero-order chi connectivity index (χ0) is 12.5. The molecule has 2 heterocycles. The van der Waals surface area contributed by atoms with Crippen molar-refractivity contribution < 1.29 is 0 Å². The van der Waals surface area contributed by atoms with Gasteiger partial charge in [0.15, 0.2) is 0 Å². The van der Waals surface area contributed by atoms with Crippen LogP contribution in [-0.2, 0) is 0 Å². The third-order valence-electron chi connectivity index (χ3n) is 3.88. The maximum atomic E-state index is 6.06. The lowest BCUT2D eigenvalue weighted by molar-refractivity contribution is 0.381. The first-order valence-corrected chi connectivity index (χ1v) is 6.60. The Hall–Kier alpha value is -1.61. The SMILES string of the molecule is CC1CN(c2ccc3ccccc3n2)CCC1N. The number of aromatic nitrogens is 1. The van der Waals surface area contributed by atoms with Crippen molar-refractivity contribution in [3.05, 3.63) is 36.4 Å². The number of pyridine rings is 1. The Bertz CT molecular complexity index is 552. The number of benzene rings is 1. The van der Waals surface area contributed by atoms with E-state index >= 15 is 0 Å². The van der Waals surface area contributed by atoms with E-state index in [4.69, 9.17) is 10.7 Å². The maximum Gasteiger partial charge on any atom is 0.129 e. The van der Waals surface area contributed by atoms with Crippen LogP contribution in [0.1, 0.15) is 13.3 Å². The van der Waals surface area contributed by atoms with E-state index < -0.39 is 0 Å². The van der Waals surface area contributed by atoms with Gasteiger partial charge in [-0.05, 0) is 30.5 Å². The molecular formula is C15H19N3. The molecule has 18 heavy (non-hydrogen) atoms. The molecule has 1 aromatic carbocycles. The molecule has 1 aromatic heterocycles. The summed E-state index contributed by atoms with van der Waals surface area (Å²) in [4.78, 5) is 7.09. The lowest BCUT2D eigenvalue weighted by Crippen LogP contribution is -2.46. The van der Waals surface area contributed by atoms with Crippen LogP contribution in [-0.4, -0.2) is 24.1 Å². The van der Waals surface area contributed by atoms with Gasteiger partial charge in [0.1, 0.15) is 5.82 Å². The Labute approximate surface area is 108 Å². The number of piperidine rings is 1. The van der Waals surface area contributed by atoms with Crippen molar-refractivity contribution >= 4 is 16.7 Å². The summed E-state index contributed by atoms with van der Waals surface area (Å²) in [5.74, 6) is 1.61. The Morgan fingerprint density at radius 1 is 1.22 bits per heavy atom. The fourth-order valence-electron chi connectivity index (χ4n) is 2.60. The number of anilines is 1. The highest BCUT2D eigenvalue weighted by molar-refractivity contribution is 5.80. The van der Waals surface area contributed by atoms with Gasteiger partial charge in [0, 0.05) is 24.5 Å². The van der Waals surface area contributed by atoms with Crippen LogP contribution >= 0.6 is 0 Å². The summed E-state index contributed by atoms with van der Waals surface area (Å²) in [6.45, 7) is 4.24. The molecule has 0 aliphatic carbocycles. The van der Waals surface area contributed by atoms with E-state index in [0.29, 0.717) is 12.0 Å². The largest absolute Gasteiger partial charge is 0.356 e. The molecule has 3 rings (SSSR count). The molecule has 2 unspecified atom stereocenters. The van der Waals surface area contributed by atoms with Crippen LogP contribution in [0.3, 0.4) is 0 Å². The van der Waals surface area contributed by atoms with Gasteiger partial charge in [-0.15, -0.1) is 0 Å². The highest BCUT2D eigenvalue weighted by Crippen LogP contribution is 2.23. The average Bonchev–Trinajstić information content (AvgIpc) is 2.41. The minimum atomic E-state index is 0.335. The van der Waals surface area contributed by atoms with Crippen molar-refractivity contribution in [2.45, 2.75) is 19.4 Å². The predicted molar refractivity (Wildman–Crippen MR) is 75.7 cm³/mol. The summed E-state index contributed by atoms with van der Waals surface area (Å²) in [5.41, 5.74) is 7.13. The van der Waals surface area contributed by atoms with Crippen LogP contribution < -0.4 is 10.6 Å². The second-order valence-corrected chi connectivity index (χ2v) is 5.24. The van der Waals surface area contributed by atoms with Crippen molar-refractivity contribution in [3.63, 3.8) is 0 Å². The van der Waals surface area contributed by atoms with Crippen LogP contribution in [0.5, 0.6) is 0 Å². The molecule has 1 aliphatic rings. The molecule has 2 aromatic rings. The van der Waals surface area contributed by atoms with E-state index in [-0.39, 0.29) is 0 Å². The summed E-state index contributed by atoms with van der Waals surface area (Å²) in [7, 11) is 0. The summed E-state index contributed by atoms with van der Waals surface area (Å²) in [5, 5.41) is 1.20. The number of hydrogen-bond donors (Lipinski definition) is 1. The monoisotopic (exact) mass is 241 g/mol. The van der Waals surface area contributed by atoms with Crippen molar-refractivity contribution in [1.29, 1.82) is 0 Å². The van der Waals surface area contributed by atoms with Crippen molar-refractivity contribution in [3.8, 4) is 0 Å². The summed E-state index contributed by atoms with van der Waals surface area (Å²) < 4.78 is 0. The van der Waals surface area contributed by atoms with Gasteiger partial charge < -0.3 is 10.6 Å². The van der Waals surface area contributed by atoms with Gasteiger partial charge in [-0.25, -0.2) is 4.98 Å². The number of nitrogens with zero attached hydrogens (tertiary/aromatic N) is 2. The zero-order valence-electron chi connectivity index (χ0n) is 10.7. The van der Waals surface area contributed by atoms with Crippen LogP contribution in [0, 0.1) is 5.92 Å². The van der Waals surface area contributed by atoms with Gasteiger partial charge in [-0.2, -0.15) is 0 Å². The third-order valence-corrected chi connectivity index (χ3v) is 3.88. The molecule has 1 aliphatic heterocycles. The van der Waals surface area contributed by atoms with Gasteiger partial charge in [0.05, 0.1) is 5.52 Å². The zero-order valence-corrected chi connectivity index (χ0v) is 10.7. The van der Waals surface area contributed by atoms with E-state index in [1.54, 1.807) is 0 Å². The number of nitrogens with two attached hydrogens (primary N) is 1. The van der Waals surface area contributed by atoms with Crippen molar-refractivity contribution in [2.75, 3.05) is 18.0 Å². The second kappa shape index (κ2) is 4.58. The molecule has 94 valence electrons. The van der Waals surface area contributed by atoms with Gasteiger partial charge in [0.25, 0.3) is 0 Å². The maximum absolute atomic E-state index is 6.06. The van der Waals surface area contributed by atoms with E-state index in [2.05, 4.69) is 36.1 Å². The summed E-state index contributed by atoms with van der Waals surface area (Å²) >= 11 is 0. The lowest BCUT2D eigenvalue weighted by Gasteiger charge is -2.35. The topological polar surface area (TPSA) is 42.2 Å². The standard InChI is InChI=1S/C15H19N3/c1-11-10-18(9-8-13(11)16)15-7-6-12-4-2-3-5-14(12)17-15/h2-7,11,13H,8-10,16H2,1H3. The van der Waals surface area contributed by atoms with Gasteiger partial charge in [-0.1, -0.05) is 25.1 Å². The predicted octanol–water partition coefficient (Wildman–Crippen LogP) is 2.41. The Balaban J connectivity index is 1.90. The van der Waals surface area contributed by atoms with Crippen molar-refractivity contribution in [2.24, 2.45) is 11.7 Å². The Kier molecular flexibility index (Phi) is 2.92. The molecule has 0 radical (unpaired) electrons. The van der Waals surface area contributed by atoms with Gasteiger partial charge in [0.2, 0.25) is 0 Å². The molecule has 0 spiro atoms. The van der Waals surface area contributed by atoms with Crippen LogP contribution in [0.4, 0.5) is 5.82 Å². The first-order chi connectivity index (χ1) is 8.74. The van der Waals surface area contributed by atoms with Gasteiger partial charge >= 0.3 is 0 Å². The Morgan fingerprint density at radius 2 is 2.06 bits per heavy atom. The van der Waals surface area contributed by atoms with Crippen LogP contribution in [0.15, 0.2) is 36.4 Å². The van der Waals surface area contributed by atoms with Gasteiger partial charge in [-0.3, -0.25) is 0 Å². The molecular weight excluding hydrogens is 222 g/mol. The highest BCUT2D eigenvalue weighted by atomic mass is 15.2. The molecule has 3 nitrogen and oxygen atoms in total. The molecule has 2 atom stereocenters. The normalized spacial score (nSPS) is 24.4.